The van der Waals surface area contributed by atoms with Gasteiger partial charge in [-0.15, -0.1) is 11.3 Å². The molecule has 0 fully saturated rings. The largest absolute Gasteiger partial charge is 0.391 e. The van der Waals surface area contributed by atoms with Crippen LogP contribution in [0, 0.1) is 0 Å². The Balaban J connectivity index is 2.14. The van der Waals surface area contributed by atoms with Gasteiger partial charge in [0.25, 0.3) is 0 Å². The molecule has 0 aromatic carbocycles. The first-order chi connectivity index (χ1) is 8.13. The van der Waals surface area contributed by atoms with Crippen LogP contribution in [-0.2, 0) is 23.2 Å². The third-order valence-corrected chi connectivity index (χ3v) is 5.44. The van der Waals surface area contributed by atoms with Gasteiger partial charge in [-0.25, -0.2) is 13.1 Å². The predicted molar refractivity (Wildman–Crippen MR) is 68.6 cm³/mol. The molecule has 0 spiro atoms. The molecule has 2 rings (SSSR count). The minimum Gasteiger partial charge on any atom is -0.391 e. The maximum atomic E-state index is 12.0. The van der Waals surface area contributed by atoms with E-state index in [2.05, 4.69) is 4.72 Å². The van der Waals surface area contributed by atoms with E-state index in [1.54, 1.807) is 5.38 Å². The standard InChI is InChI=1S/C10H11NO3S3/c12-6-9-10(2-4-16-9)17(13,14)11-5-8-1-3-15-7-8/h1-4,7,11-12H,5-6H2. The molecule has 0 amide bonds. The molecule has 7 heteroatoms. The minimum atomic E-state index is -3.53. The summed E-state index contributed by atoms with van der Waals surface area (Å²) in [5.41, 5.74) is 0.930. The second-order valence-electron chi connectivity index (χ2n) is 3.32. The number of hydrogen-bond acceptors (Lipinski definition) is 5. The Morgan fingerprint density at radius 3 is 2.76 bits per heavy atom. The molecule has 2 aromatic rings. The monoisotopic (exact) mass is 289 g/mol. The van der Waals surface area contributed by atoms with Gasteiger partial charge in [0.1, 0.15) is 0 Å². The summed E-state index contributed by atoms with van der Waals surface area (Å²) in [6, 6.07) is 3.37. The number of rotatable bonds is 5. The smallest absolute Gasteiger partial charge is 0.242 e. The number of aliphatic hydroxyl groups is 1. The molecule has 0 saturated carbocycles. The number of thiophene rings is 2. The molecule has 2 heterocycles. The van der Waals surface area contributed by atoms with Gasteiger partial charge in [-0.2, -0.15) is 11.3 Å². The van der Waals surface area contributed by atoms with Crippen LogP contribution in [0.5, 0.6) is 0 Å². The van der Waals surface area contributed by atoms with Gasteiger partial charge in [-0.1, -0.05) is 0 Å². The van der Waals surface area contributed by atoms with E-state index in [1.807, 2.05) is 16.8 Å². The van der Waals surface area contributed by atoms with Gasteiger partial charge >= 0.3 is 0 Å². The molecule has 17 heavy (non-hydrogen) atoms. The normalized spacial score (nSPS) is 11.8. The fourth-order valence-electron chi connectivity index (χ4n) is 1.33. The van der Waals surface area contributed by atoms with E-state index < -0.39 is 10.0 Å². The second-order valence-corrected chi connectivity index (χ2v) is 6.84. The first-order valence-corrected chi connectivity index (χ1v) is 8.12. The summed E-state index contributed by atoms with van der Waals surface area (Å²) in [7, 11) is -3.53. The van der Waals surface area contributed by atoms with E-state index in [1.165, 1.54) is 28.7 Å². The first-order valence-electron chi connectivity index (χ1n) is 4.81. The zero-order chi connectivity index (χ0) is 12.3. The summed E-state index contributed by atoms with van der Waals surface area (Å²) < 4.78 is 26.4. The van der Waals surface area contributed by atoms with Crippen LogP contribution in [0.1, 0.15) is 10.4 Å². The van der Waals surface area contributed by atoms with Crippen molar-refractivity contribution < 1.29 is 13.5 Å². The molecule has 0 bridgehead atoms. The summed E-state index contributed by atoms with van der Waals surface area (Å²) >= 11 is 2.76. The third-order valence-electron chi connectivity index (χ3n) is 2.18. The Morgan fingerprint density at radius 2 is 2.12 bits per heavy atom. The van der Waals surface area contributed by atoms with Crippen molar-refractivity contribution in [2.45, 2.75) is 18.0 Å². The van der Waals surface area contributed by atoms with E-state index in [0.717, 1.165) is 5.56 Å². The summed E-state index contributed by atoms with van der Waals surface area (Å²) in [6.45, 7) is 0.0128. The van der Waals surface area contributed by atoms with Gasteiger partial charge in [-0.05, 0) is 33.8 Å². The Bertz CT molecular complexity index is 572. The molecule has 0 aliphatic carbocycles. The number of sulfonamides is 1. The molecule has 0 aliphatic heterocycles. The van der Waals surface area contributed by atoms with Crippen molar-refractivity contribution in [1.29, 1.82) is 0 Å². The molecule has 0 aliphatic rings. The fraction of sp³-hybridized carbons (Fsp3) is 0.200. The predicted octanol–water partition coefficient (Wildman–Crippen LogP) is 1.78. The zero-order valence-corrected chi connectivity index (χ0v) is 11.2. The van der Waals surface area contributed by atoms with Crippen LogP contribution in [0.15, 0.2) is 33.2 Å². The van der Waals surface area contributed by atoms with Gasteiger partial charge in [0.15, 0.2) is 0 Å². The van der Waals surface area contributed by atoms with Crippen LogP contribution in [0.25, 0.3) is 0 Å². The SMILES string of the molecule is O=S(=O)(NCc1ccsc1)c1ccsc1CO. The van der Waals surface area contributed by atoms with E-state index in [-0.39, 0.29) is 18.0 Å². The van der Waals surface area contributed by atoms with Crippen LogP contribution >= 0.6 is 22.7 Å². The Morgan fingerprint density at radius 1 is 1.29 bits per heavy atom. The van der Waals surface area contributed by atoms with Gasteiger partial charge in [0.2, 0.25) is 10.0 Å². The van der Waals surface area contributed by atoms with Gasteiger partial charge in [0, 0.05) is 11.4 Å². The molecule has 2 N–H and O–H groups in total. The summed E-state index contributed by atoms with van der Waals surface area (Å²) in [6.07, 6.45) is 0. The van der Waals surface area contributed by atoms with Crippen molar-refractivity contribution >= 4 is 32.7 Å². The van der Waals surface area contributed by atoms with Crippen molar-refractivity contribution in [3.8, 4) is 0 Å². The van der Waals surface area contributed by atoms with E-state index in [9.17, 15) is 8.42 Å². The van der Waals surface area contributed by atoms with Crippen molar-refractivity contribution in [1.82, 2.24) is 4.72 Å². The third kappa shape index (κ3) is 2.93. The Kier molecular flexibility index (Phi) is 3.95. The van der Waals surface area contributed by atoms with E-state index >= 15 is 0 Å². The van der Waals surface area contributed by atoms with Gasteiger partial charge in [-0.3, -0.25) is 0 Å². The fourth-order valence-corrected chi connectivity index (χ4v) is 4.31. The maximum Gasteiger partial charge on any atom is 0.242 e. The molecule has 0 radical (unpaired) electrons. The lowest BCUT2D eigenvalue weighted by Gasteiger charge is -2.05. The zero-order valence-electron chi connectivity index (χ0n) is 8.79. The molecule has 2 aromatic heterocycles. The Hall–Kier alpha value is -0.730. The number of nitrogens with one attached hydrogen (secondary N) is 1. The van der Waals surface area contributed by atoms with Crippen molar-refractivity contribution in [3.05, 3.63) is 38.7 Å². The van der Waals surface area contributed by atoms with Crippen LogP contribution in [0.4, 0.5) is 0 Å². The molecule has 92 valence electrons. The summed E-state index contributed by atoms with van der Waals surface area (Å²) in [4.78, 5) is 0.628. The topological polar surface area (TPSA) is 66.4 Å². The quantitative estimate of drug-likeness (QED) is 0.881. The molecular formula is C10H11NO3S3. The molecule has 0 saturated heterocycles. The van der Waals surface area contributed by atoms with E-state index in [0.29, 0.717) is 4.88 Å². The maximum absolute atomic E-state index is 12.0. The number of aliphatic hydroxyl groups excluding tert-OH is 1. The lowest BCUT2D eigenvalue weighted by atomic mass is 10.4. The molecule has 0 unspecified atom stereocenters. The average Bonchev–Trinajstić information content (AvgIpc) is 2.97. The highest BCUT2D eigenvalue weighted by Gasteiger charge is 2.18. The van der Waals surface area contributed by atoms with Crippen molar-refractivity contribution in [3.63, 3.8) is 0 Å². The molecular weight excluding hydrogens is 278 g/mol. The van der Waals surface area contributed by atoms with E-state index in [4.69, 9.17) is 5.11 Å². The van der Waals surface area contributed by atoms with Gasteiger partial charge in [0.05, 0.1) is 11.5 Å². The lowest BCUT2D eigenvalue weighted by molar-refractivity contribution is 0.282. The van der Waals surface area contributed by atoms with Crippen molar-refractivity contribution in [2.75, 3.05) is 0 Å². The second kappa shape index (κ2) is 5.28. The van der Waals surface area contributed by atoms with Crippen LogP contribution in [0.3, 0.4) is 0 Å². The summed E-state index contributed by atoms with van der Waals surface area (Å²) in [5, 5.41) is 14.5. The van der Waals surface area contributed by atoms with Crippen LogP contribution < -0.4 is 4.72 Å². The van der Waals surface area contributed by atoms with Crippen LogP contribution in [-0.4, -0.2) is 13.5 Å². The highest BCUT2D eigenvalue weighted by molar-refractivity contribution is 7.89. The minimum absolute atomic E-state index is 0.167. The van der Waals surface area contributed by atoms with Gasteiger partial charge < -0.3 is 5.11 Å². The highest BCUT2D eigenvalue weighted by Crippen LogP contribution is 2.21. The van der Waals surface area contributed by atoms with Crippen molar-refractivity contribution in [2.24, 2.45) is 0 Å². The number of hydrogen-bond donors (Lipinski definition) is 2. The highest BCUT2D eigenvalue weighted by atomic mass is 32.2. The summed E-state index contributed by atoms with van der Waals surface area (Å²) in [5.74, 6) is 0. The molecule has 4 nitrogen and oxygen atoms in total. The first kappa shape index (κ1) is 12.7. The molecule has 0 atom stereocenters. The Labute approximate surface area is 108 Å². The average molecular weight is 289 g/mol. The lowest BCUT2D eigenvalue weighted by Crippen LogP contribution is -2.23. The van der Waals surface area contributed by atoms with Crippen LogP contribution in [0.2, 0.25) is 0 Å².